The van der Waals surface area contributed by atoms with Crippen LogP contribution in [0.4, 0.5) is 0 Å². The largest absolute Gasteiger partial charge is 0.0696 e. The Bertz CT molecular complexity index is 622. The van der Waals surface area contributed by atoms with Crippen LogP contribution in [0.1, 0.15) is 22.3 Å². The highest BCUT2D eigenvalue weighted by Crippen LogP contribution is 2.08. The fourth-order valence-corrected chi connectivity index (χ4v) is 1.74. The Kier molecular flexibility index (Phi) is 3.99. The molecule has 0 aliphatic heterocycles. The maximum Gasteiger partial charge on any atom is 0.0278 e. The Labute approximate surface area is 109 Å². The van der Waals surface area contributed by atoms with E-state index >= 15 is 0 Å². The summed E-state index contributed by atoms with van der Waals surface area (Å²) in [5, 5.41) is 0. The van der Waals surface area contributed by atoms with Gasteiger partial charge in [0.2, 0.25) is 0 Å². The van der Waals surface area contributed by atoms with Crippen molar-refractivity contribution in [1.82, 2.24) is 0 Å². The van der Waals surface area contributed by atoms with Gasteiger partial charge in [0.25, 0.3) is 0 Å². The van der Waals surface area contributed by atoms with E-state index in [9.17, 15) is 0 Å². The third-order valence-corrected chi connectivity index (χ3v) is 2.89. The maximum absolute atomic E-state index is 3.17. The second-order valence-corrected chi connectivity index (χ2v) is 4.27. The lowest BCUT2D eigenvalue weighted by Crippen LogP contribution is -1.79. The van der Waals surface area contributed by atoms with Gasteiger partial charge in [-0.15, -0.1) is 0 Å². The molecule has 2 aromatic carbocycles. The third-order valence-electron chi connectivity index (χ3n) is 2.89. The summed E-state index contributed by atoms with van der Waals surface area (Å²) < 4.78 is 0. The maximum atomic E-state index is 3.17. The first-order valence-electron chi connectivity index (χ1n) is 6.07. The number of hydrogen-bond donors (Lipinski definition) is 0. The van der Waals surface area contributed by atoms with Gasteiger partial charge in [0.05, 0.1) is 0 Å². The predicted octanol–water partition coefficient (Wildman–Crippen LogP) is 4.37. The summed E-state index contributed by atoms with van der Waals surface area (Å²) in [7, 11) is 0. The molecule has 0 nitrogen and oxygen atoms in total. The van der Waals surface area contributed by atoms with E-state index in [2.05, 4.69) is 50.0 Å². The summed E-state index contributed by atoms with van der Waals surface area (Å²) in [6.07, 6.45) is 3.97. The molecule has 2 aromatic rings. The number of aryl methyl sites for hydroxylation is 2. The molecule has 0 spiro atoms. The van der Waals surface area contributed by atoms with Crippen LogP contribution in [0.25, 0.3) is 6.08 Å². The van der Waals surface area contributed by atoms with Gasteiger partial charge in [0.15, 0.2) is 0 Å². The van der Waals surface area contributed by atoms with Crippen LogP contribution in [0.3, 0.4) is 0 Å². The van der Waals surface area contributed by atoms with Crippen LogP contribution in [-0.2, 0) is 0 Å². The number of hydrogen-bond acceptors (Lipinski definition) is 0. The summed E-state index contributed by atoms with van der Waals surface area (Å²) in [5.74, 6) is 6.25. The smallest absolute Gasteiger partial charge is 0.0278 e. The highest BCUT2D eigenvalue weighted by atomic mass is 13.9. The molecule has 0 amide bonds. The molecule has 0 heterocycles. The zero-order valence-electron chi connectivity index (χ0n) is 10.8. The molecule has 0 bridgehead atoms. The van der Waals surface area contributed by atoms with Crippen molar-refractivity contribution in [2.24, 2.45) is 0 Å². The highest BCUT2D eigenvalue weighted by molar-refractivity contribution is 5.57. The molecule has 0 heteroatoms. The van der Waals surface area contributed by atoms with Crippen LogP contribution in [0.5, 0.6) is 0 Å². The summed E-state index contributed by atoms with van der Waals surface area (Å²) in [6, 6.07) is 16.5. The molecular weight excluding hydrogens is 216 g/mol. The Hall–Kier alpha value is -2.26. The SMILES string of the molecule is Cc1ccccc1C#CC=Cc1ccccc1C. The van der Waals surface area contributed by atoms with Crippen molar-refractivity contribution >= 4 is 6.08 Å². The fraction of sp³-hybridized carbons (Fsp3) is 0.111. The molecular formula is C18H16. The molecule has 0 aromatic heterocycles. The van der Waals surface area contributed by atoms with E-state index < -0.39 is 0 Å². The topological polar surface area (TPSA) is 0 Å². The van der Waals surface area contributed by atoms with Crippen molar-refractivity contribution in [1.29, 1.82) is 0 Å². The van der Waals surface area contributed by atoms with Crippen LogP contribution in [0.2, 0.25) is 0 Å². The molecule has 0 aliphatic carbocycles. The van der Waals surface area contributed by atoms with Crippen molar-refractivity contribution in [2.75, 3.05) is 0 Å². The van der Waals surface area contributed by atoms with Gasteiger partial charge >= 0.3 is 0 Å². The van der Waals surface area contributed by atoms with E-state index in [1.165, 1.54) is 16.7 Å². The summed E-state index contributed by atoms with van der Waals surface area (Å²) in [6.45, 7) is 4.18. The van der Waals surface area contributed by atoms with E-state index in [4.69, 9.17) is 0 Å². The first-order valence-corrected chi connectivity index (χ1v) is 6.07. The zero-order chi connectivity index (χ0) is 12.8. The highest BCUT2D eigenvalue weighted by Gasteiger charge is 1.90. The van der Waals surface area contributed by atoms with Crippen molar-refractivity contribution in [3.05, 3.63) is 76.9 Å². The molecule has 0 saturated carbocycles. The van der Waals surface area contributed by atoms with E-state index in [1.54, 1.807) is 0 Å². The molecule has 0 fully saturated rings. The van der Waals surface area contributed by atoms with Gasteiger partial charge in [0, 0.05) is 5.56 Å². The predicted molar refractivity (Wildman–Crippen MR) is 78.3 cm³/mol. The standard InChI is InChI=1S/C18H16/c1-15-9-3-5-11-17(15)13-7-8-14-18-12-6-4-10-16(18)2/h3-7,9-13H,1-2H3. The van der Waals surface area contributed by atoms with E-state index in [-0.39, 0.29) is 0 Å². The number of benzene rings is 2. The molecule has 0 unspecified atom stereocenters. The molecule has 88 valence electrons. The zero-order valence-corrected chi connectivity index (χ0v) is 10.8. The van der Waals surface area contributed by atoms with Gasteiger partial charge in [-0.1, -0.05) is 54.3 Å². The Morgan fingerprint density at radius 3 is 2.22 bits per heavy atom. The van der Waals surface area contributed by atoms with Gasteiger partial charge in [-0.2, -0.15) is 0 Å². The Morgan fingerprint density at radius 1 is 0.833 bits per heavy atom. The average molecular weight is 232 g/mol. The van der Waals surface area contributed by atoms with Gasteiger partial charge in [-0.25, -0.2) is 0 Å². The molecule has 0 N–H and O–H groups in total. The van der Waals surface area contributed by atoms with Crippen molar-refractivity contribution in [3.63, 3.8) is 0 Å². The van der Waals surface area contributed by atoms with Gasteiger partial charge in [-0.05, 0) is 48.8 Å². The Balaban J connectivity index is 2.14. The number of rotatable bonds is 1. The van der Waals surface area contributed by atoms with Crippen LogP contribution in [0, 0.1) is 25.7 Å². The Morgan fingerprint density at radius 2 is 1.50 bits per heavy atom. The molecule has 0 aliphatic rings. The molecule has 0 atom stereocenters. The lowest BCUT2D eigenvalue weighted by atomic mass is 10.1. The molecule has 0 radical (unpaired) electrons. The molecule has 0 saturated heterocycles. The number of allylic oxidation sites excluding steroid dienone is 1. The van der Waals surface area contributed by atoms with E-state index in [0.29, 0.717) is 0 Å². The van der Waals surface area contributed by atoms with Crippen LogP contribution < -0.4 is 0 Å². The summed E-state index contributed by atoms with van der Waals surface area (Å²) in [4.78, 5) is 0. The summed E-state index contributed by atoms with van der Waals surface area (Å²) >= 11 is 0. The second kappa shape index (κ2) is 5.89. The van der Waals surface area contributed by atoms with Gasteiger partial charge in [-0.3, -0.25) is 0 Å². The minimum absolute atomic E-state index is 1.09. The quantitative estimate of drug-likeness (QED) is 0.640. The van der Waals surface area contributed by atoms with E-state index in [0.717, 1.165) is 5.56 Å². The van der Waals surface area contributed by atoms with Gasteiger partial charge < -0.3 is 0 Å². The van der Waals surface area contributed by atoms with Crippen molar-refractivity contribution in [3.8, 4) is 11.8 Å². The first-order chi connectivity index (χ1) is 8.77. The van der Waals surface area contributed by atoms with Crippen LogP contribution >= 0.6 is 0 Å². The van der Waals surface area contributed by atoms with E-state index in [1.807, 2.05) is 36.4 Å². The normalized spacial score (nSPS) is 10.1. The first kappa shape index (κ1) is 12.2. The van der Waals surface area contributed by atoms with Crippen LogP contribution in [-0.4, -0.2) is 0 Å². The second-order valence-electron chi connectivity index (χ2n) is 4.27. The lowest BCUT2D eigenvalue weighted by molar-refractivity contribution is 1.44. The minimum Gasteiger partial charge on any atom is -0.0696 e. The monoisotopic (exact) mass is 232 g/mol. The van der Waals surface area contributed by atoms with Crippen molar-refractivity contribution < 1.29 is 0 Å². The third kappa shape index (κ3) is 3.12. The van der Waals surface area contributed by atoms with Crippen molar-refractivity contribution in [2.45, 2.75) is 13.8 Å². The molecule has 2 rings (SSSR count). The van der Waals surface area contributed by atoms with Gasteiger partial charge in [0.1, 0.15) is 0 Å². The average Bonchev–Trinajstić information content (AvgIpc) is 2.38. The lowest BCUT2D eigenvalue weighted by Gasteiger charge is -1.96. The summed E-state index contributed by atoms with van der Waals surface area (Å²) in [5.41, 5.74) is 4.80. The fourth-order valence-electron chi connectivity index (χ4n) is 1.74. The van der Waals surface area contributed by atoms with Crippen LogP contribution in [0.15, 0.2) is 54.6 Å². The minimum atomic E-state index is 1.09. The molecule has 18 heavy (non-hydrogen) atoms.